The minimum atomic E-state index is -0.897. The van der Waals surface area contributed by atoms with Crippen molar-refractivity contribution in [3.05, 3.63) is 63.7 Å². The second kappa shape index (κ2) is 7.45. The van der Waals surface area contributed by atoms with Crippen LogP contribution >= 0.6 is 11.6 Å². The summed E-state index contributed by atoms with van der Waals surface area (Å²) in [7, 11) is 0. The maximum atomic E-state index is 11.4. The van der Waals surface area contributed by atoms with Crippen LogP contribution in [0.2, 0.25) is 5.02 Å². The first-order chi connectivity index (χ1) is 14.6. The summed E-state index contributed by atoms with van der Waals surface area (Å²) in [6.45, 7) is 0. The Hall–Kier alpha value is -2.84. The number of aromatic carboxylic acids is 1. The fourth-order valence-corrected chi connectivity index (χ4v) is 5.66. The van der Waals surface area contributed by atoms with Gasteiger partial charge in [0.25, 0.3) is 0 Å². The third-order valence-electron chi connectivity index (χ3n) is 6.83. The Labute approximate surface area is 180 Å². The molecule has 3 aliphatic rings. The molecule has 0 aromatic heterocycles. The molecule has 2 aliphatic carbocycles. The van der Waals surface area contributed by atoms with Gasteiger partial charge in [-0.05, 0) is 67.5 Å². The van der Waals surface area contributed by atoms with Crippen molar-refractivity contribution in [1.29, 1.82) is 5.26 Å². The van der Waals surface area contributed by atoms with Crippen molar-refractivity contribution >= 4 is 29.0 Å². The highest BCUT2D eigenvalue weighted by molar-refractivity contribution is 6.32. The maximum Gasteiger partial charge on any atom is 0.335 e. The van der Waals surface area contributed by atoms with Gasteiger partial charge in [-0.3, -0.25) is 5.01 Å². The number of fused-ring (bicyclic) bond motifs is 3. The third kappa shape index (κ3) is 3.07. The van der Waals surface area contributed by atoms with Crippen LogP contribution in [0, 0.1) is 23.2 Å². The number of hydrogen-bond donors (Lipinski definition) is 1. The second-order valence-electron chi connectivity index (χ2n) is 8.46. The smallest absolute Gasteiger partial charge is 0.335 e. The van der Waals surface area contributed by atoms with E-state index in [-0.39, 0.29) is 6.04 Å². The molecule has 0 radical (unpaired) electrons. The van der Waals surface area contributed by atoms with Gasteiger partial charge in [-0.2, -0.15) is 10.4 Å². The summed E-state index contributed by atoms with van der Waals surface area (Å²) >= 11 is 6.34. The molecule has 5 nitrogen and oxygen atoms in total. The van der Waals surface area contributed by atoms with Crippen molar-refractivity contribution in [2.24, 2.45) is 16.9 Å². The van der Waals surface area contributed by atoms with E-state index in [1.54, 1.807) is 18.2 Å². The molecule has 30 heavy (non-hydrogen) atoms. The molecule has 1 saturated carbocycles. The highest BCUT2D eigenvalue weighted by Crippen LogP contribution is 2.45. The van der Waals surface area contributed by atoms with Crippen LogP contribution in [-0.4, -0.2) is 22.8 Å². The van der Waals surface area contributed by atoms with Crippen LogP contribution in [0.3, 0.4) is 0 Å². The minimum Gasteiger partial charge on any atom is -0.478 e. The summed E-state index contributed by atoms with van der Waals surface area (Å²) in [5.74, 6) is 0.00201. The van der Waals surface area contributed by atoms with E-state index in [2.05, 4.69) is 11.1 Å². The predicted octanol–water partition coefficient (Wildman–Crippen LogP) is 5.26. The summed E-state index contributed by atoms with van der Waals surface area (Å²) in [5.41, 5.74) is 4.91. The Bertz CT molecular complexity index is 1100. The van der Waals surface area contributed by atoms with Crippen LogP contribution in [0.4, 0.5) is 5.69 Å². The SMILES string of the molecule is N#Cc1ccc(N2N=C3c4ccc(C(=O)O)cc4CC[C@@H]3C2C2CCCC2)cc1Cl. The number of carbonyl (C=O) groups is 1. The zero-order valence-electron chi connectivity index (χ0n) is 16.5. The van der Waals surface area contributed by atoms with Crippen molar-refractivity contribution in [3.63, 3.8) is 0 Å². The zero-order valence-corrected chi connectivity index (χ0v) is 17.3. The molecule has 5 rings (SSSR count). The van der Waals surface area contributed by atoms with E-state index < -0.39 is 5.97 Å². The van der Waals surface area contributed by atoms with Crippen LogP contribution in [0.15, 0.2) is 41.5 Å². The number of carboxylic acids is 1. The van der Waals surface area contributed by atoms with Gasteiger partial charge in [0.1, 0.15) is 6.07 Å². The number of benzene rings is 2. The van der Waals surface area contributed by atoms with E-state index >= 15 is 0 Å². The van der Waals surface area contributed by atoms with Gasteiger partial charge in [-0.1, -0.05) is 30.5 Å². The molecule has 0 bridgehead atoms. The average molecular weight is 420 g/mol. The van der Waals surface area contributed by atoms with Gasteiger partial charge in [-0.25, -0.2) is 4.79 Å². The summed E-state index contributed by atoms with van der Waals surface area (Å²) in [4.78, 5) is 11.4. The lowest BCUT2D eigenvalue weighted by molar-refractivity contribution is 0.0696. The molecule has 2 atom stereocenters. The molecule has 6 heteroatoms. The number of carboxylic acid groups (broad SMARTS) is 1. The monoisotopic (exact) mass is 419 g/mol. The number of aryl methyl sites for hydroxylation is 1. The molecular weight excluding hydrogens is 398 g/mol. The van der Waals surface area contributed by atoms with Crippen molar-refractivity contribution in [3.8, 4) is 6.07 Å². The first-order valence-electron chi connectivity index (χ1n) is 10.5. The van der Waals surface area contributed by atoms with Crippen LogP contribution in [0.1, 0.15) is 59.2 Å². The van der Waals surface area contributed by atoms with Crippen molar-refractivity contribution in [1.82, 2.24) is 0 Å². The van der Waals surface area contributed by atoms with Crippen LogP contribution in [0.25, 0.3) is 0 Å². The minimum absolute atomic E-state index is 0.277. The largest absolute Gasteiger partial charge is 0.478 e. The van der Waals surface area contributed by atoms with Gasteiger partial charge in [0.15, 0.2) is 0 Å². The number of anilines is 1. The molecule has 1 fully saturated rings. The van der Waals surface area contributed by atoms with Crippen LogP contribution in [-0.2, 0) is 6.42 Å². The molecule has 1 N–H and O–H groups in total. The number of hydrogen-bond acceptors (Lipinski definition) is 4. The molecule has 0 saturated heterocycles. The zero-order chi connectivity index (χ0) is 20.8. The summed E-state index contributed by atoms with van der Waals surface area (Å²) in [6, 6.07) is 13.3. The Morgan fingerprint density at radius 1 is 1.17 bits per heavy atom. The molecule has 1 heterocycles. The van der Waals surface area contributed by atoms with Crippen LogP contribution < -0.4 is 5.01 Å². The van der Waals surface area contributed by atoms with Gasteiger partial charge in [-0.15, -0.1) is 0 Å². The number of halogens is 1. The first-order valence-corrected chi connectivity index (χ1v) is 10.9. The fourth-order valence-electron chi connectivity index (χ4n) is 5.44. The molecule has 0 spiro atoms. The van der Waals surface area contributed by atoms with Crippen LogP contribution in [0.5, 0.6) is 0 Å². The number of hydrazone groups is 1. The average Bonchev–Trinajstić information content (AvgIpc) is 3.40. The molecule has 2 aromatic rings. The van der Waals surface area contributed by atoms with Gasteiger partial charge in [0.05, 0.1) is 33.6 Å². The van der Waals surface area contributed by atoms with Crippen molar-refractivity contribution in [2.75, 3.05) is 5.01 Å². The summed E-state index contributed by atoms with van der Waals surface area (Å²) in [5, 5.41) is 26.2. The first kappa shape index (κ1) is 19.1. The normalized spacial score (nSPS) is 22.9. The fraction of sp³-hybridized carbons (Fsp3) is 0.375. The Balaban J connectivity index is 1.59. The lowest BCUT2D eigenvalue weighted by atomic mass is 9.75. The molecule has 1 aliphatic heterocycles. The second-order valence-corrected chi connectivity index (χ2v) is 8.87. The van der Waals surface area contributed by atoms with Gasteiger partial charge >= 0.3 is 5.97 Å². The highest BCUT2D eigenvalue weighted by Gasteiger charge is 2.45. The Morgan fingerprint density at radius 2 is 1.97 bits per heavy atom. The summed E-state index contributed by atoms with van der Waals surface area (Å²) in [6.07, 6.45) is 6.75. The van der Waals surface area contributed by atoms with Gasteiger partial charge in [0, 0.05) is 11.5 Å². The van der Waals surface area contributed by atoms with E-state index in [0.29, 0.717) is 28.0 Å². The summed E-state index contributed by atoms with van der Waals surface area (Å²) < 4.78 is 0. The number of rotatable bonds is 3. The topological polar surface area (TPSA) is 76.7 Å². The lowest BCUT2D eigenvalue weighted by Crippen LogP contribution is -2.40. The molecule has 152 valence electrons. The predicted molar refractivity (Wildman–Crippen MR) is 116 cm³/mol. The van der Waals surface area contributed by atoms with E-state index in [1.165, 1.54) is 25.7 Å². The van der Waals surface area contributed by atoms with E-state index in [1.807, 2.05) is 18.2 Å². The van der Waals surface area contributed by atoms with E-state index in [0.717, 1.165) is 35.4 Å². The third-order valence-corrected chi connectivity index (χ3v) is 7.15. The molecule has 2 aromatic carbocycles. The van der Waals surface area contributed by atoms with Gasteiger partial charge < -0.3 is 5.11 Å². The molecule has 1 unspecified atom stereocenters. The number of nitrogens with zero attached hydrogens (tertiary/aromatic N) is 3. The molecule has 0 amide bonds. The van der Waals surface area contributed by atoms with Crippen molar-refractivity contribution in [2.45, 2.75) is 44.6 Å². The van der Waals surface area contributed by atoms with Gasteiger partial charge in [0.2, 0.25) is 0 Å². The maximum absolute atomic E-state index is 11.4. The quantitative estimate of drug-likeness (QED) is 0.736. The standard InChI is InChI=1S/C24H22ClN3O2/c25-21-12-18(8-5-17(21)13-26)28-23(14-3-1-2-4-14)20-10-6-15-11-16(24(29)30)7-9-19(15)22(20)27-28/h5,7-9,11-12,14,20,23H,1-4,6,10H2,(H,29,30)/t20-,23?/m0/s1. The molecular formula is C24H22ClN3O2. The highest BCUT2D eigenvalue weighted by atomic mass is 35.5. The lowest BCUT2D eigenvalue weighted by Gasteiger charge is -2.34. The van der Waals surface area contributed by atoms with E-state index in [4.69, 9.17) is 16.7 Å². The van der Waals surface area contributed by atoms with Crippen molar-refractivity contribution < 1.29 is 9.90 Å². The van der Waals surface area contributed by atoms with E-state index in [9.17, 15) is 15.2 Å². The Kier molecular flexibility index (Phi) is 4.75. The number of nitriles is 1. The Morgan fingerprint density at radius 3 is 2.67 bits per heavy atom.